The third-order valence-electron chi connectivity index (χ3n) is 5.96. The predicted molar refractivity (Wildman–Crippen MR) is 122 cm³/mol. The van der Waals surface area contributed by atoms with Crippen molar-refractivity contribution in [2.75, 3.05) is 25.1 Å². The average molecular weight is 432 g/mol. The number of methoxy groups -OCH3 is 1. The third-order valence-corrected chi connectivity index (χ3v) is 5.96. The Labute approximate surface area is 184 Å². The molecule has 8 nitrogen and oxygen atoms in total. The lowest BCUT2D eigenvalue weighted by molar-refractivity contribution is -0.122. The Morgan fingerprint density at radius 3 is 2.66 bits per heavy atom. The summed E-state index contributed by atoms with van der Waals surface area (Å²) in [6, 6.07) is 15.5. The molecule has 2 aromatic carbocycles. The van der Waals surface area contributed by atoms with E-state index in [9.17, 15) is 9.59 Å². The lowest BCUT2D eigenvalue weighted by Crippen LogP contribution is -2.46. The van der Waals surface area contributed by atoms with Crippen molar-refractivity contribution in [3.8, 4) is 5.75 Å². The van der Waals surface area contributed by atoms with Gasteiger partial charge in [-0.3, -0.25) is 14.2 Å². The first-order valence-electron chi connectivity index (χ1n) is 10.7. The van der Waals surface area contributed by atoms with E-state index in [1.807, 2.05) is 42.5 Å². The van der Waals surface area contributed by atoms with Gasteiger partial charge < -0.3 is 19.4 Å². The molecule has 1 aliphatic heterocycles. The van der Waals surface area contributed by atoms with Gasteiger partial charge in [-0.25, -0.2) is 4.98 Å². The number of rotatable bonds is 5. The van der Waals surface area contributed by atoms with Gasteiger partial charge in [0.25, 0.3) is 5.56 Å². The van der Waals surface area contributed by atoms with Gasteiger partial charge in [-0.15, -0.1) is 0 Å². The Balaban J connectivity index is 1.21. The largest absolute Gasteiger partial charge is 0.497 e. The van der Waals surface area contributed by atoms with Crippen LogP contribution < -0.4 is 20.5 Å². The maximum atomic E-state index is 12.8. The van der Waals surface area contributed by atoms with Crippen molar-refractivity contribution in [1.82, 2.24) is 14.9 Å². The molecule has 1 N–H and O–H groups in total. The molecule has 0 bridgehead atoms. The van der Waals surface area contributed by atoms with E-state index in [1.54, 1.807) is 13.2 Å². The molecule has 164 valence electrons. The van der Waals surface area contributed by atoms with Gasteiger partial charge in [0.15, 0.2) is 0 Å². The van der Waals surface area contributed by atoms with Crippen LogP contribution in [0.5, 0.6) is 5.75 Å². The van der Waals surface area contributed by atoms with Crippen LogP contribution in [-0.4, -0.2) is 41.7 Å². The SMILES string of the molecule is COc1ccc(N2CCC(NC(=O)Cn3cnc4c(oc5ccccc54)c3=O)CC2)cc1. The first-order valence-corrected chi connectivity index (χ1v) is 10.7. The van der Waals surface area contributed by atoms with Gasteiger partial charge in [0.1, 0.15) is 23.4 Å². The number of hydrogen-bond donors (Lipinski definition) is 1. The van der Waals surface area contributed by atoms with Gasteiger partial charge in [-0.1, -0.05) is 12.1 Å². The number of benzene rings is 2. The predicted octanol–water partition coefficient (Wildman–Crippen LogP) is 2.94. The number of nitrogens with zero attached hydrogens (tertiary/aromatic N) is 3. The average Bonchev–Trinajstić information content (AvgIpc) is 3.21. The number of amides is 1. The van der Waals surface area contributed by atoms with E-state index in [1.165, 1.54) is 10.9 Å². The minimum absolute atomic E-state index is 0.0793. The Hall–Kier alpha value is -3.81. The number of aromatic nitrogens is 2. The summed E-state index contributed by atoms with van der Waals surface area (Å²) in [7, 11) is 1.65. The number of carbonyl (C=O) groups is 1. The van der Waals surface area contributed by atoms with Crippen molar-refractivity contribution in [3.63, 3.8) is 0 Å². The highest BCUT2D eigenvalue weighted by Gasteiger charge is 2.22. The van der Waals surface area contributed by atoms with E-state index in [4.69, 9.17) is 9.15 Å². The molecule has 32 heavy (non-hydrogen) atoms. The van der Waals surface area contributed by atoms with Crippen molar-refractivity contribution in [1.29, 1.82) is 0 Å². The summed E-state index contributed by atoms with van der Waals surface area (Å²) >= 11 is 0. The van der Waals surface area contributed by atoms with Gasteiger partial charge in [-0.2, -0.15) is 0 Å². The summed E-state index contributed by atoms with van der Waals surface area (Å²) in [5.74, 6) is 0.633. The number of hydrogen-bond acceptors (Lipinski definition) is 6. The maximum Gasteiger partial charge on any atom is 0.297 e. The third kappa shape index (κ3) is 3.79. The molecule has 1 aliphatic rings. The van der Waals surface area contributed by atoms with Crippen molar-refractivity contribution >= 4 is 33.7 Å². The number of furan rings is 1. The molecule has 1 fully saturated rings. The molecule has 5 rings (SSSR count). The maximum absolute atomic E-state index is 12.8. The second-order valence-corrected chi connectivity index (χ2v) is 7.98. The number of anilines is 1. The quantitative estimate of drug-likeness (QED) is 0.522. The van der Waals surface area contributed by atoms with Gasteiger partial charge >= 0.3 is 0 Å². The molecule has 0 saturated carbocycles. The Bertz CT molecular complexity index is 1320. The van der Waals surface area contributed by atoms with E-state index in [-0.39, 0.29) is 29.6 Å². The van der Waals surface area contributed by atoms with E-state index < -0.39 is 0 Å². The first-order chi connectivity index (χ1) is 15.6. The molecule has 0 atom stereocenters. The molecule has 0 unspecified atom stereocenters. The van der Waals surface area contributed by atoms with Crippen LogP contribution in [0, 0.1) is 0 Å². The summed E-state index contributed by atoms with van der Waals surface area (Å²) in [6.07, 6.45) is 3.10. The Morgan fingerprint density at radius 1 is 1.16 bits per heavy atom. The van der Waals surface area contributed by atoms with E-state index in [0.29, 0.717) is 11.1 Å². The van der Waals surface area contributed by atoms with Crippen LogP contribution in [0.1, 0.15) is 12.8 Å². The van der Waals surface area contributed by atoms with Crippen molar-refractivity contribution in [2.45, 2.75) is 25.4 Å². The molecule has 1 amide bonds. The van der Waals surface area contributed by atoms with Gasteiger partial charge in [-0.05, 0) is 49.2 Å². The first kappa shape index (κ1) is 20.1. The Kier molecular flexibility index (Phi) is 5.26. The second kappa shape index (κ2) is 8.37. The summed E-state index contributed by atoms with van der Waals surface area (Å²) < 4.78 is 12.2. The summed E-state index contributed by atoms with van der Waals surface area (Å²) in [6.45, 7) is 1.62. The van der Waals surface area contributed by atoms with Crippen molar-refractivity contribution < 1.29 is 13.9 Å². The standard InChI is InChI=1S/C24H24N4O4/c1-31-18-8-6-17(7-9-18)27-12-10-16(11-13-27)26-21(29)14-28-15-25-22-19-4-2-3-5-20(19)32-23(22)24(28)30/h2-9,15-16H,10-14H2,1H3,(H,26,29). The molecular weight excluding hydrogens is 408 g/mol. The Morgan fingerprint density at radius 2 is 1.91 bits per heavy atom. The topological polar surface area (TPSA) is 89.6 Å². The number of nitrogens with one attached hydrogen (secondary N) is 1. The number of fused-ring (bicyclic) bond motifs is 3. The zero-order chi connectivity index (χ0) is 22.1. The highest BCUT2D eigenvalue weighted by molar-refractivity contribution is 6.01. The molecule has 0 aliphatic carbocycles. The highest BCUT2D eigenvalue weighted by Crippen LogP contribution is 2.24. The molecule has 0 radical (unpaired) electrons. The van der Waals surface area contributed by atoms with Gasteiger partial charge in [0, 0.05) is 30.2 Å². The zero-order valence-corrected chi connectivity index (χ0v) is 17.8. The second-order valence-electron chi connectivity index (χ2n) is 7.98. The summed E-state index contributed by atoms with van der Waals surface area (Å²) in [5.41, 5.74) is 2.10. The molecular formula is C24H24N4O4. The van der Waals surface area contributed by atoms with E-state index in [2.05, 4.69) is 15.2 Å². The van der Waals surface area contributed by atoms with Crippen molar-refractivity contribution in [2.24, 2.45) is 0 Å². The minimum atomic E-state index is -0.351. The summed E-state index contributed by atoms with van der Waals surface area (Å²) in [4.78, 5) is 32.1. The van der Waals surface area contributed by atoms with Crippen LogP contribution in [0.4, 0.5) is 5.69 Å². The van der Waals surface area contributed by atoms with Crippen molar-refractivity contribution in [3.05, 3.63) is 65.2 Å². The molecule has 8 heteroatoms. The van der Waals surface area contributed by atoms with Crippen LogP contribution in [-0.2, 0) is 11.3 Å². The van der Waals surface area contributed by atoms with Crippen LogP contribution in [0.25, 0.3) is 22.1 Å². The lowest BCUT2D eigenvalue weighted by atomic mass is 10.0. The monoisotopic (exact) mass is 432 g/mol. The molecule has 1 saturated heterocycles. The van der Waals surface area contributed by atoms with Crippen LogP contribution in [0.15, 0.2) is 64.1 Å². The lowest BCUT2D eigenvalue weighted by Gasteiger charge is -2.34. The smallest absolute Gasteiger partial charge is 0.297 e. The van der Waals surface area contributed by atoms with E-state index in [0.717, 1.165) is 42.8 Å². The number of piperidine rings is 1. The fourth-order valence-corrected chi connectivity index (χ4v) is 4.23. The van der Waals surface area contributed by atoms with Crippen LogP contribution >= 0.6 is 0 Å². The van der Waals surface area contributed by atoms with E-state index >= 15 is 0 Å². The minimum Gasteiger partial charge on any atom is -0.497 e. The number of carbonyl (C=O) groups excluding carboxylic acids is 1. The zero-order valence-electron chi connectivity index (χ0n) is 17.8. The molecule has 4 aromatic rings. The fraction of sp³-hybridized carbons (Fsp3) is 0.292. The molecule has 2 aromatic heterocycles. The highest BCUT2D eigenvalue weighted by atomic mass is 16.5. The van der Waals surface area contributed by atoms with Gasteiger partial charge in [0.2, 0.25) is 11.5 Å². The fourth-order valence-electron chi connectivity index (χ4n) is 4.23. The van der Waals surface area contributed by atoms with Gasteiger partial charge in [0.05, 0.1) is 13.4 Å². The number of ether oxygens (including phenoxy) is 1. The van der Waals surface area contributed by atoms with Crippen LogP contribution in [0.3, 0.4) is 0 Å². The molecule has 3 heterocycles. The van der Waals surface area contributed by atoms with Crippen LogP contribution in [0.2, 0.25) is 0 Å². The normalized spacial score (nSPS) is 14.7. The summed E-state index contributed by atoms with van der Waals surface area (Å²) in [5, 5.41) is 3.85. The number of para-hydroxylation sites is 1. The molecule has 0 spiro atoms.